The van der Waals surface area contributed by atoms with E-state index in [1.807, 2.05) is 6.07 Å². The Hall–Kier alpha value is -2.87. The van der Waals surface area contributed by atoms with Crippen LogP contribution in [0.3, 0.4) is 0 Å². The van der Waals surface area contributed by atoms with Crippen molar-refractivity contribution in [2.75, 3.05) is 0 Å². The molecule has 0 spiro atoms. The number of carbonyl (C=O) groups excluding carboxylic acids is 1. The van der Waals surface area contributed by atoms with Gasteiger partial charge in [0.25, 0.3) is 0 Å². The molecule has 0 atom stereocenters. The van der Waals surface area contributed by atoms with Gasteiger partial charge in [0.05, 0.1) is 11.6 Å². The molecule has 2 amide bonds. The summed E-state index contributed by atoms with van der Waals surface area (Å²) in [6.07, 6.45) is 0. The van der Waals surface area contributed by atoms with Gasteiger partial charge in [0.2, 0.25) is 0 Å². The normalized spacial score (nSPS) is 9.86. The summed E-state index contributed by atoms with van der Waals surface area (Å²) in [5.41, 5.74) is 2.79. The lowest BCUT2D eigenvalue weighted by Crippen LogP contribution is -2.34. The molecule has 2 aromatic rings. The smallest absolute Gasteiger partial charge is 0.315 e. The fourth-order valence-corrected chi connectivity index (χ4v) is 1.99. The molecule has 2 N–H and O–H groups in total. The molecule has 0 aliphatic heterocycles. The Morgan fingerprint density at radius 1 is 1.14 bits per heavy atom. The number of aryl methyl sites for hydroxylation is 1. The number of carbonyl (C=O) groups is 1. The van der Waals surface area contributed by atoms with E-state index in [9.17, 15) is 9.18 Å². The quantitative estimate of drug-likeness (QED) is 0.911. The van der Waals surface area contributed by atoms with E-state index in [0.29, 0.717) is 24.2 Å². The Labute approximate surface area is 128 Å². The number of nitrogens with zero attached hydrogens (tertiary/aromatic N) is 1. The molecule has 4 nitrogen and oxygen atoms in total. The zero-order valence-corrected chi connectivity index (χ0v) is 12.2. The highest BCUT2D eigenvalue weighted by atomic mass is 19.1. The average Bonchev–Trinajstić information content (AvgIpc) is 2.54. The number of amides is 2. The number of nitrogens with one attached hydrogen (secondary N) is 2. The minimum absolute atomic E-state index is 0.259. The molecule has 5 heteroatoms. The Balaban J connectivity index is 1.83. The maximum Gasteiger partial charge on any atom is 0.315 e. The van der Waals surface area contributed by atoms with Gasteiger partial charge >= 0.3 is 6.03 Å². The van der Waals surface area contributed by atoms with E-state index < -0.39 is 0 Å². The van der Waals surface area contributed by atoms with E-state index in [-0.39, 0.29) is 11.8 Å². The fourth-order valence-electron chi connectivity index (χ4n) is 1.99. The van der Waals surface area contributed by atoms with Gasteiger partial charge in [-0.1, -0.05) is 24.3 Å². The molecule has 0 saturated carbocycles. The number of halogens is 1. The average molecular weight is 297 g/mol. The maximum atomic E-state index is 13.1. The van der Waals surface area contributed by atoms with Crippen LogP contribution in [0.25, 0.3) is 0 Å². The lowest BCUT2D eigenvalue weighted by molar-refractivity contribution is 0.240. The van der Waals surface area contributed by atoms with E-state index in [1.165, 1.54) is 6.07 Å². The number of nitriles is 1. The summed E-state index contributed by atoms with van der Waals surface area (Å²) in [7, 11) is 0. The van der Waals surface area contributed by atoms with Crippen molar-refractivity contribution in [1.82, 2.24) is 10.6 Å². The number of hydrogen-bond acceptors (Lipinski definition) is 2. The molecule has 0 unspecified atom stereocenters. The molecule has 0 bridgehead atoms. The number of hydrogen-bond donors (Lipinski definition) is 2. The van der Waals surface area contributed by atoms with Crippen LogP contribution in [0.1, 0.15) is 22.3 Å². The first-order valence-electron chi connectivity index (χ1n) is 6.84. The lowest BCUT2D eigenvalue weighted by atomic mass is 10.1. The van der Waals surface area contributed by atoms with E-state index >= 15 is 0 Å². The minimum Gasteiger partial charge on any atom is -0.334 e. The van der Waals surface area contributed by atoms with Gasteiger partial charge in [0.15, 0.2) is 0 Å². The third-order valence-electron chi connectivity index (χ3n) is 3.18. The largest absolute Gasteiger partial charge is 0.334 e. The monoisotopic (exact) mass is 297 g/mol. The van der Waals surface area contributed by atoms with Crippen LogP contribution in [0.4, 0.5) is 9.18 Å². The summed E-state index contributed by atoms with van der Waals surface area (Å²) in [5, 5.41) is 14.2. The highest BCUT2D eigenvalue weighted by Gasteiger charge is 2.03. The van der Waals surface area contributed by atoms with E-state index in [1.54, 1.807) is 37.3 Å². The summed E-state index contributed by atoms with van der Waals surface area (Å²) in [6, 6.07) is 13.5. The molecule has 112 valence electrons. The number of benzene rings is 2. The highest BCUT2D eigenvalue weighted by molar-refractivity contribution is 5.73. The van der Waals surface area contributed by atoms with E-state index in [2.05, 4.69) is 16.7 Å². The fraction of sp³-hybridized carbons (Fsp3) is 0.176. The van der Waals surface area contributed by atoms with Gasteiger partial charge in [-0.2, -0.15) is 5.26 Å². The van der Waals surface area contributed by atoms with Crippen LogP contribution in [0.15, 0.2) is 42.5 Å². The predicted molar refractivity (Wildman–Crippen MR) is 81.4 cm³/mol. The Kier molecular flexibility index (Phi) is 5.10. The molecule has 0 aliphatic carbocycles. The first-order valence-corrected chi connectivity index (χ1v) is 6.84. The second-order valence-corrected chi connectivity index (χ2v) is 4.93. The summed E-state index contributed by atoms with van der Waals surface area (Å²) in [4.78, 5) is 11.7. The summed E-state index contributed by atoms with van der Waals surface area (Å²) >= 11 is 0. The van der Waals surface area contributed by atoms with Gasteiger partial charge in [-0.25, -0.2) is 9.18 Å². The van der Waals surface area contributed by atoms with E-state index in [4.69, 9.17) is 5.26 Å². The first kappa shape index (κ1) is 15.5. The van der Waals surface area contributed by atoms with Gasteiger partial charge < -0.3 is 10.6 Å². The van der Waals surface area contributed by atoms with Crippen molar-refractivity contribution in [1.29, 1.82) is 5.26 Å². The number of urea groups is 1. The molecule has 0 aliphatic rings. The standard InChI is InChI=1S/C17H16FN3O/c1-12-7-15(5-6-16(12)18)11-21-17(22)20-10-14-4-2-3-13(8-14)9-19/h2-8H,10-11H2,1H3,(H2,20,21,22). The predicted octanol–water partition coefficient (Wildman–Crippen LogP) is 3.01. The highest BCUT2D eigenvalue weighted by Crippen LogP contribution is 2.09. The second kappa shape index (κ2) is 7.23. The van der Waals surface area contributed by atoms with Crippen molar-refractivity contribution in [2.45, 2.75) is 20.0 Å². The zero-order chi connectivity index (χ0) is 15.9. The topological polar surface area (TPSA) is 64.9 Å². The molecule has 0 saturated heterocycles. The van der Waals surface area contributed by atoms with Gasteiger partial charge in [-0.3, -0.25) is 0 Å². The minimum atomic E-state index is -0.315. The molecule has 0 aromatic heterocycles. The molecule has 0 heterocycles. The third-order valence-corrected chi connectivity index (χ3v) is 3.18. The van der Waals surface area contributed by atoms with Crippen molar-refractivity contribution in [3.63, 3.8) is 0 Å². The van der Waals surface area contributed by atoms with Crippen molar-refractivity contribution < 1.29 is 9.18 Å². The van der Waals surface area contributed by atoms with E-state index in [0.717, 1.165) is 11.1 Å². The van der Waals surface area contributed by atoms with Crippen molar-refractivity contribution in [3.05, 3.63) is 70.5 Å². The lowest BCUT2D eigenvalue weighted by Gasteiger charge is -2.09. The van der Waals surface area contributed by atoms with Crippen molar-refractivity contribution >= 4 is 6.03 Å². The van der Waals surface area contributed by atoms with Crippen LogP contribution in [0.2, 0.25) is 0 Å². The van der Waals surface area contributed by atoms with Crippen molar-refractivity contribution in [2.24, 2.45) is 0 Å². The Morgan fingerprint density at radius 3 is 2.45 bits per heavy atom. The Morgan fingerprint density at radius 2 is 1.82 bits per heavy atom. The van der Waals surface area contributed by atoms with Crippen LogP contribution in [0, 0.1) is 24.1 Å². The SMILES string of the molecule is Cc1cc(CNC(=O)NCc2cccc(C#N)c2)ccc1F. The molecule has 0 radical (unpaired) electrons. The van der Waals surface area contributed by atoms with Gasteiger partial charge in [0, 0.05) is 13.1 Å². The zero-order valence-electron chi connectivity index (χ0n) is 12.2. The van der Waals surface area contributed by atoms with Gasteiger partial charge in [-0.05, 0) is 41.8 Å². The van der Waals surface area contributed by atoms with Gasteiger partial charge in [-0.15, -0.1) is 0 Å². The summed E-state index contributed by atoms with van der Waals surface area (Å²) in [6.45, 7) is 2.34. The molecule has 2 aromatic carbocycles. The van der Waals surface area contributed by atoms with Crippen molar-refractivity contribution in [3.8, 4) is 6.07 Å². The van der Waals surface area contributed by atoms with Crippen LogP contribution in [-0.4, -0.2) is 6.03 Å². The van der Waals surface area contributed by atoms with Crippen LogP contribution < -0.4 is 10.6 Å². The summed E-state index contributed by atoms with van der Waals surface area (Å²) < 4.78 is 13.1. The number of rotatable bonds is 4. The summed E-state index contributed by atoms with van der Waals surface area (Å²) in [5.74, 6) is -0.259. The molecule has 22 heavy (non-hydrogen) atoms. The van der Waals surface area contributed by atoms with Gasteiger partial charge in [0.1, 0.15) is 5.82 Å². The van der Waals surface area contributed by atoms with Crippen LogP contribution in [-0.2, 0) is 13.1 Å². The molecular weight excluding hydrogens is 281 g/mol. The molecule has 2 rings (SSSR count). The molecule has 0 fully saturated rings. The molecular formula is C17H16FN3O. The van der Waals surface area contributed by atoms with Crippen LogP contribution in [0.5, 0.6) is 0 Å². The maximum absolute atomic E-state index is 13.1. The Bertz CT molecular complexity index is 722. The first-order chi connectivity index (χ1) is 10.6. The second-order valence-electron chi connectivity index (χ2n) is 4.93. The van der Waals surface area contributed by atoms with Crippen LogP contribution >= 0.6 is 0 Å². The third kappa shape index (κ3) is 4.32.